The molecular weight excluding hydrogens is 424 g/mol. The summed E-state index contributed by atoms with van der Waals surface area (Å²) >= 11 is 0. The number of fused-ring (bicyclic) bond motifs is 1. The normalized spacial score (nSPS) is 25.4. The smallest absolute Gasteiger partial charge is 0.153 e. The lowest BCUT2D eigenvalue weighted by Crippen LogP contribution is -2.57. The molecule has 3 unspecified atom stereocenters. The Morgan fingerprint density at radius 1 is 1.12 bits per heavy atom. The molecule has 0 spiro atoms. The topological polar surface area (TPSA) is 61.6 Å². The van der Waals surface area contributed by atoms with Crippen LogP contribution in [-0.2, 0) is 4.74 Å². The Labute approximate surface area is 201 Å². The monoisotopic (exact) mass is 456 g/mol. The zero-order valence-corrected chi connectivity index (χ0v) is 20.4. The van der Waals surface area contributed by atoms with Crippen LogP contribution in [-0.4, -0.2) is 60.9 Å². The Balaban J connectivity index is 1.48. The van der Waals surface area contributed by atoms with Gasteiger partial charge in [-0.1, -0.05) is 24.3 Å². The van der Waals surface area contributed by atoms with Gasteiger partial charge in [0.1, 0.15) is 0 Å². The van der Waals surface area contributed by atoms with Gasteiger partial charge in [-0.25, -0.2) is 0 Å². The van der Waals surface area contributed by atoms with Gasteiger partial charge in [-0.3, -0.25) is 9.88 Å². The van der Waals surface area contributed by atoms with Crippen molar-refractivity contribution in [3.63, 3.8) is 0 Å². The summed E-state index contributed by atoms with van der Waals surface area (Å²) in [6.45, 7) is 10.6. The van der Waals surface area contributed by atoms with Gasteiger partial charge < -0.3 is 14.4 Å². The number of hydrogen-bond donors (Lipinski definition) is 0. The van der Waals surface area contributed by atoms with Crippen molar-refractivity contribution in [3.8, 4) is 22.9 Å². The Hall–Kier alpha value is -3.14. The number of morpholine rings is 1. The minimum absolute atomic E-state index is 0.0939. The highest BCUT2D eigenvalue weighted by Gasteiger charge is 2.42. The van der Waals surface area contributed by atoms with Crippen LogP contribution in [0.5, 0.6) is 5.75 Å². The van der Waals surface area contributed by atoms with E-state index in [9.17, 15) is 0 Å². The number of para-hydroxylation sites is 1. The number of nitrogens with zero attached hydrogens (tertiary/aromatic N) is 4. The van der Waals surface area contributed by atoms with Crippen LogP contribution < -0.4 is 9.64 Å². The van der Waals surface area contributed by atoms with Crippen LogP contribution in [0.15, 0.2) is 48.7 Å². The maximum absolute atomic E-state index is 9.13. The Kier molecular flexibility index (Phi) is 5.93. The number of methoxy groups -OCH3 is 1. The zero-order valence-electron chi connectivity index (χ0n) is 20.4. The molecule has 3 atom stereocenters. The van der Waals surface area contributed by atoms with Gasteiger partial charge in [-0.2, -0.15) is 5.26 Å². The SMILES string of the molecule is COc1c(N2CCC(C)(N3CC(C)OC(C)C3)C2)cnc2c(-c3ccc(C#N)cc3)cccc12. The molecule has 2 aliphatic heterocycles. The third-order valence-corrected chi connectivity index (χ3v) is 7.33. The molecule has 0 N–H and O–H groups in total. The Bertz CT molecular complexity index is 1230. The molecule has 6 heteroatoms. The fraction of sp³-hybridized carbons (Fsp3) is 0.429. The molecular formula is C28H32N4O2. The maximum atomic E-state index is 9.13. The lowest BCUT2D eigenvalue weighted by atomic mass is 9.96. The molecule has 0 radical (unpaired) electrons. The fourth-order valence-electron chi connectivity index (χ4n) is 5.61. The van der Waals surface area contributed by atoms with Crippen LogP contribution in [0.25, 0.3) is 22.0 Å². The van der Waals surface area contributed by atoms with Gasteiger partial charge in [0.15, 0.2) is 5.75 Å². The second-order valence-electron chi connectivity index (χ2n) is 9.90. The number of nitriles is 1. The first kappa shape index (κ1) is 22.6. The quantitative estimate of drug-likeness (QED) is 0.559. The molecule has 3 heterocycles. The molecule has 2 saturated heterocycles. The summed E-state index contributed by atoms with van der Waals surface area (Å²) in [5.74, 6) is 0.869. The summed E-state index contributed by atoms with van der Waals surface area (Å²) in [4.78, 5) is 9.95. The van der Waals surface area contributed by atoms with E-state index in [0.29, 0.717) is 5.56 Å². The van der Waals surface area contributed by atoms with E-state index in [1.165, 1.54) is 0 Å². The van der Waals surface area contributed by atoms with E-state index in [2.05, 4.69) is 54.8 Å². The van der Waals surface area contributed by atoms with Crippen LogP contribution in [0.4, 0.5) is 5.69 Å². The van der Waals surface area contributed by atoms with Gasteiger partial charge in [0, 0.05) is 42.7 Å². The molecule has 34 heavy (non-hydrogen) atoms. The Morgan fingerprint density at radius 3 is 2.53 bits per heavy atom. The van der Waals surface area contributed by atoms with Gasteiger partial charge in [-0.15, -0.1) is 0 Å². The summed E-state index contributed by atoms with van der Waals surface area (Å²) in [6, 6.07) is 16.0. The van der Waals surface area contributed by atoms with Gasteiger partial charge in [0.25, 0.3) is 0 Å². The fourth-order valence-corrected chi connectivity index (χ4v) is 5.61. The number of anilines is 1. The number of ether oxygens (including phenoxy) is 2. The van der Waals surface area contributed by atoms with Crippen LogP contribution in [0.1, 0.15) is 32.8 Å². The highest BCUT2D eigenvalue weighted by Crippen LogP contribution is 2.41. The first-order chi connectivity index (χ1) is 16.4. The minimum Gasteiger partial charge on any atom is -0.494 e. The average molecular weight is 457 g/mol. The summed E-state index contributed by atoms with van der Waals surface area (Å²) in [7, 11) is 1.74. The van der Waals surface area contributed by atoms with E-state index >= 15 is 0 Å². The van der Waals surface area contributed by atoms with E-state index in [-0.39, 0.29) is 17.7 Å². The first-order valence-electron chi connectivity index (χ1n) is 12.0. The van der Waals surface area contributed by atoms with Gasteiger partial charge in [-0.05, 0) is 51.0 Å². The highest BCUT2D eigenvalue weighted by molar-refractivity contribution is 5.99. The molecule has 2 fully saturated rings. The van der Waals surface area contributed by atoms with E-state index in [0.717, 1.165) is 66.1 Å². The lowest BCUT2D eigenvalue weighted by molar-refractivity contribution is -0.0950. The van der Waals surface area contributed by atoms with Crippen molar-refractivity contribution >= 4 is 16.6 Å². The average Bonchev–Trinajstić information content (AvgIpc) is 3.25. The highest BCUT2D eigenvalue weighted by atomic mass is 16.5. The third kappa shape index (κ3) is 4.00. The van der Waals surface area contributed by atoms with E-state index in [1.807, 2.05) is 30.5 Å². The second-order valence-corrected chi connectivity index (χ2v) is 9.90. The van der Waals surface area contributed by atoms with Crippen LogP contribution in [0, 0.1) is 11.3 Å². The van der Waals surface area contributed by atoms with E-state index in [1.54, 1.807) is 7.11 Å². The molecule has 2 aromatic carbocycles. The largest absolute Gasteiger partial charge is 0.494 e. The number of pyridine rings is 1. The van der Waals surface area contributed by atoms with Gasteiger partial charge in [0.05, 0.1) is 48.4 Å². The van der Waals surface area contributed by atoms with Crippen LogP contribution >= 0.6 is 0 Å². The molecule has 6 nitrogen and oxygen atoms in total. The number of benzene rings is 2. The summed E-state index contributed by atoms with van der Waals surface area (Å²) in [6.07, 6.45) is 3.57. The molecule has 2 aliphatic rings. The lowest BCUT2D eigenvalue weighted by Gasteiger charge is -2.45. The molecule has 5 rings (SSSR count). The molecule has 176 valence electrons. The van der Waals surface area contributed by atoms with Crippen molar-refractivity contribution in [2.24, 2.45) is 0 Å². The first-order valence-corrected chi connectivity index (χ1v) is 12.0. The molecule has 0 saturated carbocycles. The molecule has 0 amide bonds. The Morgan fingerprint density at radius 2 is 1.85 bits per heavy atom. The minimum atomic E-state index is 0.0939. The zero-order chi connectivity index (χ0) is 23.9. The molecule has 0 aliphatic carbocycles. The van der Waals surface area contributed by atoms with E-state index in [4.69, 9.17) is 19.7 Å². The molecule has 0 bridgehead atoms. The van der Waals surface area contributed by atoms with Crippen LogP contribution in [0.2, 0.25) is 0 Å². The number of aromatic nitrogens is 1. The van der Waals surface area contributed by atoms with Gasteiger partial charge in [0.2, 0.25) is 0 Å². The molecule has 1 aromatic heterocycles. The van der Waals surface area contributed by atoms with Gasteiger partial charge >= 0.3 is 0 Å². The summed E-state index contributed by atoms with van der Waals surface area (Å²) in [5, 5.41) is 10.1. The second kappa shape index (κ2) is 8.90. The predicted molar refractivity (Wildman–Crippen MR) is 135 cm³/mol. The molecule has 3 aromatic rings. The van der Waals surface area contributed by atoms with Crippen molar-refractivity contribution in [1.29, 1.82) is 5.26 Å². The maximum Gasteiger partial charge on any atom is 0.153 e. The summed E-state index contributed by atoms with van der Waals surface area (Å²) < 4.78 is 12.0. The number of rotatable bonds is 4. The van der Waals surface area contributed by atoms with Crippen molar-refractivity contribution in [1.82, 2.24) is 9.88 Å². The van der Waals surface area contributed by atoms with Crippen molar-refractivity contribution in [3.05, 3.63) is 54.2 Å². The van der Waals surface area contributed by atoms with Crippen molar-refractivity contribution in [2.75, 3.05) is 38.2 Å². The van der Waals surface area contributed by atoms with E-state index < -0.39 is 0 Å². The number of hydrogen-bond acceptors (Lipinski definition) is 6. The van der Waals surface area contributed by atoms with Crippen molar-refractivity contribution in [2.45, 2.75) is 44.9 Å². The van der Waals surface area contributed by atoms with Crippen molar-refractivity contribution < 1.29 is 9.47 Å². The summed E-state index contributed by atoms with van der Waals surface area (Å²) in [5.41, 5.74) is 4.77. The standard InChI is InChI=1S/C28H32N4O2/c1-19-16-32(17-20(2)34-19)28(3)12-13-31(18-28)25-15-30-26-23(6-5-7-24(26)27(25)33-4)22-10-8-21(14-29)9-11-22/h5-11,15,19-20H,12-13,16-18H2,1-4H3. The third-order valence-electron chi connectivity index (χ3n) is 7.33. The predicted octanol–water partition coefficient (Wildman–Crippen LogP) is 4.86. The van der Waals surface area contributed by atoms with Crippen LogP contribution in [0.3, 0.4) is 0 Å².